The molecular weight excluding hydrogens is 289 g/mol. The van der Waals surface area contributed by atoms with Crippen LogP contribution in [0.5, 0.6) is 0 Å². The first kappa shape index (κ1) is 14.6. The number of likely N-dealkylation sites (tertiary alicyclic amines) is 1. The van der Waals surface area contributed by atoms with Crippen molar-refractivity contribution in [1.82, 2.24) is 4.90 Å². The zero-order valence-corrected chi connectivity index (χ0v) is 11.7. The molecule has 0 saturated carbocycles. The highest BCUT2D eigenvalue weighted by atomic mass is 35.5. The van der Waals surface area contributed by atoms with E-state index in [-0.39, 0.29) is 0 Å². The minimum atomic E-state index is -0.932. The van der Waals surface area contributed by atoms with E-state index in [2.05, 4.69) is 0 Å². The zero-order valence-electron chi connectivity index (χ0n) is 10.2. The number of aliphatic carboxylic acids is 1. The lowest BCUT2D eigenvalue weighted by Crippen LogP contribution is -2.46. The quantitative estimate of drug-likeness (QED) is 0.899. The summed E-state index contributed by atoms with van der Waals surface area (Å²) in [4.78, 5) is 12.9. The predicted molar refractivity (Wildman–Crippen MR) is 73.5 cm³/mol. The van der Waals surface area contributed by atoms with E-state index in [0.717, 1.165) is 5.56 Å². The first-order chi connectivity index (χ1) is 8.95. The highest BCUT2D eigenvalue weighted by molar-refractivity contribution is 6.34. The largest absolute Gasteiger partial charge is 0.481 e. The van der Waals surface area contributed by atoms with Crippen molar-refractivity contribution in [2.45, 2.75) is 19.1 Å². The normalized spacial score (nSPS) is 24.4. The third kappa shape index (κ3) is 3.83. The number of nitrogens with zero attached hydrogens (tertiary/aromatic N) is 1. The summed E-state index contributed by atoms with van der Waals surface area (Å²) in [5, 5.41) is 19.9. The van der Waals surface area contributed by atoms with Crippen molar-refractivity contribution in [2.24, 2.45) is 5.92 Å². The van der Waals surface area contributed by atoms with Gasteiger partial charge in [0.05, 0.1) is 12.0 Å². The molecule has 2 atom stereocenters. The van der Waals surface area contributed by atoms with Gasteiger partial charge in [-0.1, -0.05) is 23.2 Å². The van der Waals surface area contributed by atoms with Gasteiger partial charge in [-0.3, -0.25) is 9.69 Å². The molecule has 0 unspecified atom stereocenters. The van der Waals surface area contributed by atoms with Gasteiger partial charge in [-0.2, -0.15) is 0 Å². The van der Waals surface area contributed by atoms with Crippen LogP contribution in [0.2, 0.25) is 10.0 Å². The second kappa shape index (κ2) is 6.09. The van der Waals surface area contributed by atoms with E-state index < -0.39 is 18.0 Å². The van der Waals surface area contributed by atoms with Gasteiger partial charge in [0.25, 0.3) is 0 Å². The summed E-state index contributed by atoms with van der Waals surface area (Å²) in [7, 11) is 0. The third-order valence-corrected chi connectivity index (χ3v) is 3.75. The maximum absolute atomic E-state index is 10.9. The van der Waals surface area contributed by atoms with Crippen LogP contribution in [-0.4, -0.2) is 40.3 Å². The van der Waals surface area contributed by atoms with E-state index in [9.17, 15) is 9.90 Å². The summed E-state index contributed by atoms with van der Waals surface area (Å²) in [5.74, 6) is -1.60. The summed E-state index contributed by atoms with van der Waals surface area (Å²) in [6, 6.07) is 5.31. The Bertz CT molecular complexity index is 461. The van der Waals surface area contributed by atoms with Gasteiger partial charge >= 0.3 is 5.97 Å². The van der Waals surface area contributed by atoms with E-state index >= 15 is 0 Å². The minimum Gasteiger partial charge on any atom is -0.481 e. The van der Waals surface area contributed by atoms with Crippen LogP contribution < -0.4 is 0 Å². The molecular formula is C13H15Cl2NO3. The lowest BCUT2D eigenvalue weighted by atomic mass is 9.94. The molecule has 2 rings (SSSR count). The van der Waals surface area contributed by atoms with Crippen molar-refractivity contribution in [1.29, 1.82) is 0 Å². The number of β-amino-alcohol motifs (C(OH)–C–C–N with tert-alkyl or cyclic N) is 1. The van der Waals surface area contributed by atoms with Crippen LogP contribution in [0.4, 0.5) is 0 Å². The fourth-order valence-electron chi connectivity index (χ4n) is 2.39. The van der Waals surface area contributed by atoms with Crippen LogP contribution >= 0.6 is 23.2 Å². The molecule has 0 amide bonds. The van der Waals surface area contributed by atoms with Crippen LogP contribution in [0.1, 0.15) is 12.0 Å². The number of halogens is 2. The van der Waals surface area contributed by atoms with Gasteiger partial charge in [0.2, 0.25) is 0 Å². The maximum atomic E-state index is 10.9. The first-order valence-corrected chi connectivity index (χ1v) is 6.79. The second-order valence-electron chi connectivity index (χ2n) is 4.81. The molecule has 4 nitrogen and oxygen atoms in total. The van der Waals surface area contributed by atoms with E-state index in [1.165, 1.54) is 0 Å². The molecule has 19 heavy (non-hydrogen) atoms. The number of carboxylic acid groups (broad SMARTS) is 1. The molecule has 1 aromatic carbocycles. The fraction of sp³-hybridized carbons (Fsp3) is 0.462. The molecule has 0 spiro atoms. The predicted octanol–water partition coefficient (Wildman–Crippen LogP) is 2.26. The number of hydrogen-bond donors (Lipinski definition) is 2. The van der Waals surface area contributed by atoms with Gasteiger partial charge < -0.3 is 10.2 Å². The Morgan fingerprint density at radius 2 is 1.95 bits per heavy atom. The minimum absolute atomic E-state index is 0.348. The summed E-state index contributed by atoms with van der Waals surface area (Å²) in [5.41, 5.74) is 0.957. The van der Waals surface area contributed by atoms with E-state index in [1.807, 2.05) is 17.0 Å². The number of aliphatic hydroxyl groups is 1. The molecule has 2 N–H and O–H groups in total. The van der Waals surface area contributed by atoms with Crippen molar-refractivity contribution < 1.29 is 15.0 Å². The Balaban J connectivity index is 1.99. The highest BCUT2D eigenvalue weighted by Gasteiger charge is 2.32. The Hall–Kier alpha value is -0.810. The molecule has 1 aliphatic rings. The van der Waals surface area contributed by atoms with Crippen molar-refractivity contribution in [3.63, 3.8) is 0 Å². The van der Waals surface area contributed by atoms with Crippen LogP contribution in [0.25, 0.3) is 0 Å². The summed E-state index contributed by atoms with van der Waals surface area (Å²) < 4.78 is 0. The molecule has 1 saturated heterocycles. The lowest BCUT2D eigenvalue weighted by Gasteiger charge is -2.33. The topological polar surface area (TPSA) is 60.8 Å². The number of aliphatic hydroxyl groups excluding tert-OH is 1. The van der Waals surface area contributed by atoms with Crippen LogP contribution in [0, 0.1) is 5.92 Å². The average Bonchev–Trinajstić information content (AvgIpc) is 2.26. The molecule has 104 valence electrons. The highest BCUT2D eigenvalue weighted by Crippen LogP contribution is 2.23. The van der Waals surface area contributed by atoms with Crippen LogP contribution in [0.15, 0.2) is 18.2 Å². The average molecular weight is 304 g/mol. The monoisotopic (exact) mass is 303 g/mol. The number of hydrogen-bond acceptors (Lipinski definition) is 3. The van der Waals surface area contributed by atoms with Gasteiger partial charge in [0.1, 0.15) is 0 Å². The van der Waals surface area contributed by atoms with E-state index in [4.69, 9.17) is 28.3 Å². The molecule has 6 heteroatoms. The van der Waals surface area contributed by atoms with Gasteiger partial charge in [-0.15, -0.1) is 0 Å². The third-order valence-electron chi connectivity index (χ3n) is 3.31. The standard InChI is InChI=1S/C13H15Cl2NO3/c14-9-3-8(4-10(15)5-9)6-16-2-1-11(13(18)19)12(17)7-16/h3-5,11-12,17H,1-2,6-7H2,(H,18,19)/t11-,12+/m0/s1. The molecule has 1 heterocycles. The Kier molecular flexibility index (Phi) is 4.68. The summed E-state index contributed by atoms with van der Waals surface area (Å²) >= 11 is 11.9. The number of benzene rings is 1. The molecule has 0 aliphatic carbocycles. The van der Waals surface area contributed by atoms with Crippen molar-refractivity contribution in [3.8, 4) is 0 Å². The van der Waals surface area contributed by atoms with Crippen molar-refractivity contribution in [2.75, 3.05) is 13.1 Å². The van der Waals surface area contributed by atoms with Crippen molar-refractivity contribution >= 4 is 29.2 Å². The van der Waals surface area contributed by atoms with Gasteiger partial charge in [0, 0.05) is 23.1 Å². The Morgan fingerprint density at radius 1 is 1.32 bits per heavy atom. The van der Waals surface area contributed by atoms with E-state index in [0.29, 0.717) is 36.1 Å². The number of rotatable bonds is 3. The van der Waals surface area contributed by atoms with Gasteiger partial charge in [-0.25, -0.2) is 0 Å². The second-order valence-corrected chi connectivity index (χ2v) is 5.69. The van der Waals surface area contributed by atoms with Crippen molar-refractivity contribution in [3.05, 3.63) is 33.8 Å². The van der Waals surface area contributed by atoms with Gasteiger partial charge in [-0.05, 0) is 36.7 Å². The number of carbonyl (C=O) groups is 1. The SMILES string of the molecule is O=C(O)[C@H]1CCN(Cc2cc(Cl)cc(Cl)c2)C[C@H]1O. The van der Waals surface area contributed by atoms with E-state index in [1.54, 1.807) is 6.07 Å². The fourth-order valence-corrected chi connectivity index (χ4v) is 2.96. The maximum Gasteiger partial charge on any atom is 0.309 e. The summed E-state index contributed by atoms with van der Waals surface area (Å²) in [6.07, 6.45) is -0.383. The molecule has 1 fully saturated rings. The first-order valence-electron chi connectivity index (χ1n) is 6.04. The van der Waals surface area contributed by atoms with Crippen LogP contribution in [-0.2, 0) is 11.3 Å². The smallest absolute Gasteiger partial charge is 0.309 e. The molecule has 0 radical (unpaired) electrons. The molecule has 1 aromatic rings. The Morgan fingerprint density at radius 3 is 2.47 bits per heavy atom. The number of piperidine rings is 1. The molecule has 1 aliphatic heterocycles. The Labute approximate surface area is 121 Å². The van der Waals surface area contributed by atoms with Gasteiger partial charge in [0.15, 0.2) is 0 Å². The van der Waals surface area contributed by atoms with Crippen LogP contribution in [0.3, 0.4) is 0 Å². The number of carboxylic acids is 1. The molecule has 0 bridgehead atoms. The zero-order chi connectivity index (χ0) is 14.0. The lowest BCUT2D eigenvalue weighted by molar-refractivity contribution is -0.148. The summed E-state index contributed by atoms with van der Waals surface area (Å²) in [6.45, 7) is 1.59. The molecule has 0 aromatic heterocycles.